The second kappa shape index (κ2) is 11.7. The number of benzene rings is 2. The van der Waals surface area contributed by atoms with Gasteiger partial charge in [-0.3, -0.25) is 0 Å². The van der Waals surface area contributed by atoms with Crippen molar-refractivity contribution in [3.8, 4) is 11.5 Å². The van der Waals surface area contributed by atoms with Crippen molar-refractivity contribution >= 4 is 21.8 Å². The van der Waals surface area contributed by atoms with Gasteiger partial charge in [0.1, 0.15) is 11.5 Å². The van der Waals surface area contributed by atoms with Gasteiger partial charge in [-0.1, -0.05) is 13.8 Å². The van der Waals surface area contributed by atoms with E-state index in [0.29, 0.717) is 0 Å². The van der Waals surface area contributed by atoms with Gasteiger partial charge in [0.2, 0.25) is 0 Å². The van der Waals surface area contributed by atoms with Crippen molar-refractivity contribution in [3.05, 3.63) is 36.4 Å². The lowest BCUT2D eigenvalue weighted by molar-refractivity contribution is 0.308. The van der Waals surface area contributed by atoms with Gasteiger partial charge in [-0.25, -0.2) is 0 Å². The number of nitrogens with one attached hydrogen (secondary N) is 3. The fraction of sp³-hybridized carbons (Fsp3) is 0.500. The van der Waals surface area contributed by atoms with Gasteiger partial charge in [0.15, 0.2) is 0 Å². The third-order valence-electron chi connectivity index (χ3n) is 4.93. The molecule has 3 rings (SSSR count). The minimum atomic E-state index is 0.727. The van der Waals surface area contributed by atoms with E-state index >= 15 is 0 Å². The Morgan fingerprint density at radius 1 is 0.690 bits per heavy atom. The normalized spacial score (nSPS) is 11.4. The maximum Gasteiger partial charge on any atom is 0.120 e. The van der Waals surface area contributed by atoms with Gasteiger partial charge < -0.3 is 25.1 Å². The molecule has 0 saturated carbocycles. The van der Waals surface area contributed by atoms with E-state index in [4.69, 9.17) is 9.47 Å². The average molecular weight is 398 g/mol. The largest absolute Gasteiger partial charge is 0.494 e. The summed E-state index contributed by atoms with van der Waals surface area (Å²) in [5, 5.41) is 9.17. The monoisotopic (exact) mass is 397 g/mol. The molecule has 0 aliphatic carbocycles. The first-order valence-corrected chi connectivity index (χ1v) is 11.0. The molecular weight excluding hydrogens is 362 g/mol. The van der Waals surface area contributed by atoms with Crippen molar-refractivity contribution in [1.29, 1.82) is 0 Å². The Balaban J connectivity index is 1.60. The smallest absolute Gasteiger partial charge is 0.120 e. The maximum atomic E-state index is 5.96. The Morgan fingerprint density at radius 2 is 1.17 bits per heavy atom. The van der Waals surface area contributed by atoms with Crippen LogP contribution in [0, 0.1) is 0 Å². The van der Waals surface area contributed by atoms with E-state index in [0.717, 1.165) is 74.8 Å². The Bertz CT molecular complexity index is 805. The van der Waals surface area contributed by atoms with E-state index in [1.165, 1.54) is 23.6 Å². The van der Waals surface area contributed by atoms with Gasteiger partial charge >= 0.3 is 0 Å². The number of rotatable bonds is 14. The number of fused-ring (bicyclic) bond motifs is 3. The molecule has 29 heavy (non-hydrogen) atoms. The molecule has 0 atom stereocenters. The minimum Gasteiger partial charge on any atom is -0.494 e. The molecule has 1 aromatic heterocycles. The molecular formula is C24H35N3O2. The molecule has 3 N–H and O–H groups in total. The summed E-state index contributed by atoms with van der Waals surface area (Å²) in [5.41, 5.74) is 2.25. The Hall–Kier alpha value is -2.24. The minimum absolute atomic E-state index is 0.727. The number of ether oxygens (including phenoxy) is 2. The lowest BCUT2D eigenvalue weighted by Gasteiger charge is -2.08. The van der Waals surface area contributed by atoms with Gasteiger partial charge in [0.25, 0.3) is 0 Å². The standard InChI is InChI=1S/C24H35N3O2/c1-3-11-25-13-5-15-28-19-7-9-23-21(17-19)22-18-20(8-10-24(22)27-23)29-16-6-14-26-12-4-2/h7-10,17-18,25-27H,3-6,11-16H2,1-2H3. The number of aromatic amines is 1. The van der Waals surface area contributed by atoms with Crippen LogP contribution < -0.4 is 20.1 Å². The van der Waals surface area contributed by atoms with Crippen LogP contribution in [0.4, 0.5) is 0 Å². The van der Waals surface area contributed by atoms with Crippen LogP contribution in [0.5, 0.6) is 11.5 Å². The number of aromatic nitrogens is 1. The van der Waals surface area contributed by atoms with Crippen molar-refractivity contribution in [1.82, 2.24) is 15.6 Å². The molecule has 2 aromatic carbocycles. The molecule has 1 heterocycles. The summed E-state index contributed by atoms with van der Waals surface area (Å²) in [6, 6.07) is 12.5. The first kappa shape index (κ1) is 21.5. The predicted octanol–water partition coefficient (Wildman–Crippen LogP) is 4.86. The predicted molar refractivity (Wildman–Crippen MR) is 122 cm³/mol. The highest BCUT2D eigenvalue weighted by Gasteiger charge is 2.07. The van der Waals surface area contributed by atoms with Gasteiger partial charge in [-0.2, -0.15) is 0 Å². The summed E-state index contributed by atoms with van der Waals surface area (Å²) < 4.78 is 11.9. The molecule has 0 aliphatic rings. The zero-order chi connectivity index (χ0) is 20.3. The molecule has 3 aromatic rings. The molecule has 5 heteroatoms. The molecule has 0 spiro atoms. The summed E-state index contributed by atoms with van der Waals surface area (Å²) in [7, 11) is 0. The van der Waals surface area contributed by atoms with Crippen LogP contribution >= 0.6 is 0 Å². The molecule has 0 saturated heterocycles. The maximum absolute atomic E-state index is 5.96. The van der Waals surface area contributed by atoms with Crippen LogP contribution in [0.3, 0.4) is 0 Å². The number of H-pyrrole nitrogens is 1. The van der Waals surface area contributed by atoms with Crippen LogP contribution in [0.25, 0.3) is 21.8 Å². The fourth-order valence-electron chi connectivity index (χ4n) is 3.41. The Labute approximate surface area is 174 Å². The third kappa shape index (κ3) is 6.38. The third-order valence-corrected chi connectivity index (χ3v) is 4.93. The second-order valence-electron chi connectivity index (χ2n) is 7.44. The van der Waals surface area contributed by atoms with E-state index in [-0.39, 0.29) is 0 Å². The molecule has 0 unspecified atom stereocenters. The van der Waals surface area contributed by atoms with Gasteiger partial charge in [-0.15, -0.1) is 0 Å². The molecule has 0 aliphatic heterocycles. The second-order valence-corrected chi connectivity index (χ2v) is 7.44. The van der Waals surface area contributed by atoms with Crippen LogP contribution in [0.15, 0.2) is 36.4 Å². The van der Waals surface area contributed by atoms with Crippen molar-refractivity contribution in [2.45, 2.75) is 39.5 Å². The Morgan fingerprint density at radius 3 is 1.62 bits per heavy atom. The highest BCUT2D eigenvalue weighted by atomic mass is 16.5. The average Bonchev–Trinajstić information content (AvgIpc) is 3.10. The van der Waals surface area contributed by atoms with Crippen LogP contribution in [0.2, 0.25) is 0 Å². The lowest BCUT2D eigenvalue weighted by atomic mass is 10.1. The van der Waals surface area contributed by atoms with E-state index in [1.807, 2.05) is 12.1 Å². The molecule has 0 radical (unpaired) electrons. The van der Waals surface area contributed by atoms with E-state index in [9.17, 15) is 0 Å². The number of hydrogen-bond donors (Lipinski definition) is 3. The quantitative estimate of drug-likeness (QED) is 0.340. The fourth-order valence-corrected chi connectivity index (χ4v) is 3.41. The zero-order valence-corrected chi connectivity index (χ0v) is 17.9. The summed E-state index contributed by atoms with van der Waals surface area (Å²) in [5.74, 6) is 1.84. The molecule has 0 bridgehead atoms. The highest BCUT2D eigenvalue weighted by molar-refractivity contribution is 6.08. The van der Waals surface area contributed by atoms with Gasteiger partial charge in [0, 0.05) is 21.8 Å². The highest BCUT2D eigenvalue weighted by Crippen LogP contribution is 2.31. The van der Waals surface area contributed by atoms with Crippen molar-refractivity contribution < 1.29 is 9.47 Å². The van der Waals surface area contributed by atoms with Crippen molar-refractivity contribution in [3.63, 3.8) is 0 Å². The van der Waals surface area contributed by atoms with Crippen molar-refractivity contribution in [2.24, 2.45) is 0 Å². The molecule has 158 valence electrons. The summed E-state index contributed by atoms with van der Waals surface area (Å²) in [6.45, 7) is 9.95. The van der Waals surface area contributed by atoms with Crippen molar-refractivity contribution in [2.75, 3.05) is 39.4 Å². The van der Waals surface area contributed by atoms with E-state index in [2.05, 4.69) is 53.7 Å². The Kier molecular flexibility index (Phi) is 8.65. The first-order chi connectivity index (χ1) is 14.3. The van der Waals surface area contributed by atoms with Crippen LogP contribution in [-0.2, 0) is 0 Å². The van der Waals surface area contributed by atoms with E-state index in [1.54, 1.807) is 0 Å². The molecule has 0 fully saturated rings. The van der Waals surface area contributed by atoms with Gasteiger partial charge in [-0.05, 0) is 88.3 Å². The SMILES string of the molecule is CCCNCCCOc1ccc2[nH]c3ccc(OCCCNCCC)cc3c2c1. The zero-order valence-electron chi connectivity index (χ0n) is 17.9. The van der Waals surface area contributed by atoms with Gasteiger partial charge in [0.05, 0.1) is 13.2 Å². The summed E-state index contributed by atoms with van der Waals surface area (Å²) in [4.78, 5) is 3.48. The first-order valence-electron chi connectivity index (χ1n) is 11.0. The molecule has 0 amide bonds. The summed E-state index contributed by atoms with van der Waals surface area (Å²) in [6.07, 6.45) is 4.35. The molecule has 5 nitrogen and oxygen atoms in total. The van der Waals surface area contributed by atoms with Crippen LogP contribution in [-0.4, -0.2) is 44.4 Å². The summed E-state index contributed by atoms with van der Waals surface area (Å²) >= 11 is 0. The lowest BCUT2D eigenvalue weighted by Crippen LogP contribution is -2.18. The topological polar surface area (TPSA) is 58.3 Å². The van der Waals surface area contributed by atoms with Crippen LogP contribution in [0.1, 0.15) is 39.5 Å². The van der Waals surface area contributed by atoms with E-state index < -0.39 is 0 Å². The number of hydrogen-bond acceptors (Lipinski definition) is 4.